The van der Waals surface area contributed by atoms with Gasteiger partial charge in [-0.05, 0) is 33.3 Å². The Bertz CT molecular complexity index is 1240. The molecule has 0 amide bonds. The van der Waals surface area contributed by atoms with Gasteiger partial charge in [0.05, 0.1) is 30.1 Å². The molecule has 0 spiro atoms. The van der Waals surface area contributed by atoms with Crippen molar-refractivity contribution >= 4 is 38.6 Å². The first-order chi connectivity index (χ1) is 15.6. The van der Waals surface area contributed by atoms with Gasteiger partial charge >= 0.3 is 0 Å². The van der Waals surface area contributed by atoms with Crippen LogP contribution in [0.1, 0.15) is 32.1 Å². The van der Waals surface area contributed by atoms with Gasteiger partial charge in [0.2, 0.25) is 16.0 Å². The number of ether oxygens (including phenoxy) is 1. The Hall–Kier alpha value is -2.83. The molecule has 12 heteroatoms. The van der Waals surface area contributed by atoms with Crippen LogP contribution in [0, 0.1) is 6.92 Å². The molecular formula is C21H30N8O3S. The number of imidazole rings is 1. The molecule has 11 nitrogen and oxygen atoms in total. The Kier molecular flexibility index (Phi) is 6.50. The maximum absolute atomic E-state index is 11.8. The number of pyridine rings is 1. The van der Waals surface area contributed by atoms with E-state index in [1.807, 2.05) is 17.9 Å². The number of aryl methyl sites for hydroxylation is 1. The fourth-order valence-corrected chi connectivity index (χ4v) is 5.10. The van der Waals surface area contributed by atoms with Crippen LogP contribution < -0.4 is 14.9 Å². The Labute approximate surface area is 193 Å². The topological polar surface area (TPSA) is 127 Å². The van der Waals surface area contributed by atoms with E-state index in [-0.39, 0.29) is 18.2 Å². The molecule has 3 aromatic heterocycles. The van der Waals surface area contributed by atoms with Crippen LogP contribution in [0.25, 0.3) is 11.0 Å². The predicted octanol–water partition coefficient (Wildman–Crippen LogP) is 2.00. The number of fused-ring (bicyclic) bond motifs is 1. The minimum Gasteiger partial charge on any atom is -0.380 e. The molecule has 4 heterocycles. The number of sulfonamides is 1. The quantitative estimate of drug-likeness (QED) is 0.528. The molecule has 2 N–H and O–H groups in total. The van der Waals surface area contributed by atoms with Crippen molar-refractivity contribution in [3.05, 3.63) is 30.4 Å². The summed E-state index contributed by atoms with van der Waals surface area (Å²) in [4.78, 5) is 20.1. The van der Waals surface area contributed by atoms with Crippen molar-refractivity contribution < 1.29 is 13.2 Å². The fourth-order valence-electron chi connectivity index (χ4n) is 4.32. The Morgan fingerprint density at radius 1 is 1.21 bits per heavy atom. The first-order valence-electron chi connectivity index (χ1n) is 10.8. The molecule has 3 aromatic rings. The van der Waals surface area contributed by atoms with Crippen molar-refractivity contribution in [2.75, 3.05) is 36.7 Å². The van der Waals surface area contributed by atoms with Gasteiger partial charge in [-0.2, -0.15) is 4.98 Å². The molecular weight excluding hydrogens is 444 g/mol. The lowest BCUT2D eigenvalue weighted by atomic mass is 10.0. The van der Waals surface area contributed by atoms with Crippen LogP contribution in [0.5, 0.6) is 0 Å². The predicted molar refractivity (Wildman–Crippen MR) is 127 cm³/mol. The summed E-state index contributed by atoms with van der Waals surface area (Å²) in [5.41, 5.74) is 1.85. The number of methoxy groups -OCH3 is 1. The largest absolute Gasteiger partial charge is 0.380 e. The van der Waals surface area contributed by atoms with Crippen LogP contribution in [0.15, 0.2) is 24.5 Å². The number of aromatic nitrogens is 5. The van der Waals surface area contributed by atoms with Gasteiger partial charge < -0.3 is 19.5 Å². The standard InChI is InChI=1S/C21H30N8O3S/c1-13(2)29-14(3)24-15-11-23-20(10-17(15)29)25-19-6-8-22-21(26-19)28-9-7-18(32-4)16(12-28)27-33(5,30)31/h6,8,10-11,13,16,18,27H,7,9,12H2,1-5H3,(H,22,23,25,26)/t16-,18-/m1/s1. The molecule has 0 saturated carbocycles. The molecule has 0 radical (unpaired) electrons. The van der Waals surface area contributed by atoms with E-state index < -0.39 is 10.0 Å². The molecule has 0 unspecified atom stereocenters. The number of nitrogens with zero attached hydrogens (tertiary/aromatic N) is 6. The summed E-state index contributed by atoms with van der Waals surface area (Å²) in [5, 5.41) is 3.25. The van der Waals surface area contributed by atoms with Crippen LogP contribution in [0.4, 0.5) is 17.6 Å². The van der Waals surface area contributed by atoms with Gasteiger partial charge in [0.25, 0.3) is 0 Å². The lowest BCUT2D eigenvalue weighted by molar-refractivity contribution is 0.0612. The number of rotatable bonds is 7. The zero-order valence-corrected chi connectivity index (χ0v) is 20.3. The average molecular weight is 475 g/mol. The smallest absolute Gasteiger partial charge is 0.227 e. The molecule has 2 atom stereocenters. The summed E-state index contributed by atoms with van der Waals surface area (Å²) in [6, 6.07) is 3.63. The highest BCUT2D eigenvalue weighted by molar-refractivity contribution is 7.88. The minimum atomic E-state index is -3.37. The van der Waals surface area contributed by atoms with E-state index in [2.05, 4.69) is 48.4 Å². The SMILES string of the molecule is CO[C@@H]1CCN(c2nccc(Nc3cc4c(cn3)nc(C)n4C(C)C)n2)C[C@H]1NS(C)(=O)=O. The second-order valence-corrected chi connectivity index (χ2v) is 10.3. The maximum atomic E-state index is 11.8. The van der Waals surface area contributed by atoms with Gasteiger partial charge in [-0.1, -0.05) is 0 Å². The second kappa shape index (κ2) is 9.20. The van der Waals surface area contributed by atoms with Gasteiger partial charge in [0.15, 0.2) is 0 Å². The van der Waals surface area contributed by atoms with Crippen molar-refractivity contribution in [3.63, 3.8) is 0 Å². The van der Waals surface area contributed by atoms with Crippen molar-refractivity contribution in [1.29, 1.82) is 0 Å². The molecule has 1 aliphatic heterocycles. The third kappa shape index (κ3) is 5.23. The van der Waals surface area contributed by atoms with E-state index >= 15 is 0 Å². The lowest BCUT2D eigenvalue weighted by Crippen LogP contribution is -2.55. The zero-order valence-electron chi connectivity index (χ0n) is 19.5. The highest BCUT2D eigenvalue weighted by Crippen LogP contribution is 2.25. The van der Waals surface area contributed by atoms with E-state index in [0.717, 1.165) is 23.1 Å². The molecule has 1 saturated heterocycles. The number of hydrogen-bond donors (Lipinski definition) is 2. The van der Waals surface area contributed by atoms with Crippen LogP contribution in [-0.4, -0.2) is 71.5 Å². The summed E-state index contributed by atoms with van der Waals surface area (Å²) in [5.74, 6) is 2.71. The number of piperidine rings is 1. The van der Waals surface area contributed by atoms with Gasteiger partial charge in [-0.25, -0.2) is 28.1 Å². The summed E-state index contributed by atoms with van der Waals surface area (Å²) in [6.07, 6.45) is 5.02. The van der Waals surface area contributed by atoms with E-state index in [9.17, 15) is 8.42 Å². The Morgan fingerprint density at radius 3 is 2.70 bits per heavy atom. The highest BCUT2D eigenvalue weighted by atomic mass is 32.2. The van der Waals surface area contributed by atoms with Crippen LogP contribution in [0.3, 0.4) is 0 Å². The zero-order chi connectivity index (χ0) is 23.8. The summed E-state index contributed by atoms with van der Waals surface area (Å²) >= 11 is 0. The van der Waals surface area contributed by atoms with E-state index in [1.54, 1.807) is 25.6 Å². The lowest BCUT2D eigenvalue weighted by Gasteiger charge is -2.37. The highest BCUT2D eigenvalue weighted by Gasteiger charge is 2.32. The normalized spacial score (nSPS) is 19.4. The number of nitrogens with one attached hydrogen (secondary N) is 2. The third-order valence-electron chi connectivity index (χ3n) is 5.67. The third-order valence-corrected chi connectivity index (χ3v) is 6.40. The molecule has 1 fully saturated rings. The summed E-state index contributed by atoms with van der Waals surface area (Å²) < 4.78 is 33.9. The molecule has 178 valence electrons. The first-order valence-corrected chi connectivity index (χ1v) is 12.7. The van der Waals surface area contributed by atoms with Crippen molar-refractivity contribution in [2.24, 2.45) is 0 Å². The summed E-state index contributed by atoms with van der Waals surface area (Å²) in [6.45, 7) is 7.30. The molecule has 33 heavy (non-hydrogen) atoms. The van der Waals surface area contributed by atoms with Crippen molar-refractivity contribution in [1.82, 2.24) is 29.2 Å². The minimum absolute atomic E-state index is 0.206. The second-order valence-electron chi connectivity index (χ2n) is 8.55. The maximum Gasteiger partial charge on any atom is 0.227 e. The number of hydrogen-bond acceptors (Lipinski definition) is 9. The van der Waals surface area contributed by atoms with Crippen LogP contribution in [-0.2, 0) is 14.8 Å². The van der Waals surface area contributed by atoms with Gasteiger partial charge in [0, 0.05) is 38.5 Å². The number of anilines is 3. The van der Waals surface area contributed by atoms with Gasteiger partial charge in [-0.15, -0.1) is 0 Å². The average Bonchev–Trinajstić information content (AvgIpc) is 3.08. The summed E-state index contributed by atoms with van der Waals surface area (Å²) in [7, 11) is -1.78. The van der Waals surface area contributed by atoms with Gasteiger partial charge in [0.1, 0.15) is 23.0 Å². The molecule has 1 aliphatic rings. The monoisotopic (exact) mass is 474 g/mol. The van der Waals surface area contributed by atoms with E-state index in [1.165, 1.54) is 0 Å². The van der Waals surface area contributed by atoms with Crippen molar-refractivity contribution in [3.8, 4) is 0 Å². The molecule has 0 bridgehead atoms. The van der Waals surface area contributed by atoms with E-state index in [4.69, 9.17) is 4.74 Å². The van der Waals surface area contributed by atoms with Crippen LogP contribution >= 0.6 is 0 Å². The fraction of sp³-hybridized carbons (Fsp3) is 0.524. The molecule has 0 aromatic carbocycles. The molecule has 4 rings (SSSR count). The van der Waals surface area contributed by atoms with E-state index in [0.29, 0.717) is 37.1 Å². The first kappa shape index (κ1) is 23.3. The Morgan fingerprint density at radius 2 is 2.00 bits per heavy atom. The molecule has 0 aliphatic carbocycles. The van der Waals surface area contributed by atoms with Crippen molar-refractivity contribution in [2.45, 2.75) is 45.4 Å². The van der Waals surface area contributed by atoms with Gasteiger partial charge in [-0.3, -0.25) is 0 Å². The Balaban J connectivity index is 1.55. The van der Waals surface area contributed by atoms with Crippen LogP contribution in [0.2, 0.25) is 0 Å².